The van der Waals surface area contributed by atoms with Crippen LogP contribution >= 0.6 is 0 Å². The molecule has 33 heteroatoms. The first-order chi connectivity index (χ1) is 56.4. The number of pyridine rings is 6. The van der Waals surface area contributed by atoms with E-state index in [2.05, 4.69) is 56.8 Å². The predicted molar refractivity (Wildman–Crippen MR) is 413 cm³/mol. The summed E-state index contributed by atoms with van der Waals surface area (Å²) >= 11 is 0. The molecule has 15 heterocycles. The van der Waals surface area contributed by atoms with Crippen LogP contribution < -0.4 is 31.9 Å². The van der Waals surface area contributed by atoms with E-state index in [0.29, 0.717) is 145 Å². The van der Waals surface area contributed by atoms with Crippen LogP contribution in [0.1, 0.15) is 144 Å². The van der Waals surface area contributed by atoms with Gasteiger partial charge in [-0.2, -0.15) is 26.3 Å². The van der Waals surface area contributed by atoms with E-state index in [0.717, 1.165) is 86.4 Å². The lowest BCUT2D eigenvalue weighted by Crippen LogP contribution is -2.25. The van der Waals surface area contributed by atoms with Gasteiger partial charge in [0.2, 0.25) is 0 Å². The molecule has 0 spiro atoms. The van der Waals surface area contributed by atoms with Crippen LogP contribution in [0.15, 0.2) is 146 Å². The molecule has 6 aliphatic rings. The fraction of sp³-hybridized carbons (Fsp3) is 0.321. The number of fused-ring (bicyclic) bond motifs is 6. The number of aromatic nitrogens is 9. The van der Waals surface area contributed by atoms with Gasteiger partial charge >= 0.3 is 12.4 Å². The molecule has 3 saturated heterocycles. The minimum Gasteiger partial charge on any atom is -0.381 e. The Morgan fingerprint density at radius 1 is 0.470 bits per heavy atom. The molecule has 117 heavy (non-hydrogen) atoms. The van der Waals surface area contributed by atoms with Gasteiger partial charge in [-0.3, -0.25) is 32.5 Å². The van der Waals surface area contributed by atoms with Gasteiger partial charge in [-0.15, -0.1) is 0 Å². The number of amides is 3. The van der Waals surface area contributed by atoms with E-state index in [4.69, 9.17) is 19.2 Å². The Balaban J connectivity index is 0.000000131. The summed E-state index contributed by atoms with van der Waals surface area (Å²) in [5.74, 6) is -0.117. The summed E-state index contributed by atoms with van der Waals surface area (Å²) in [6.45, 7) is 4.36. The average Bonchev–Trinajstić information content (AvgIpc) is 1.54. The third-order valence-corrected chi connectivity index (χ3v) is 21.7. The lowest BCUT2D eigenvalue weighted by atomic mass is 9.94. The van der Waals surface area contributed by atoms with Gasteiger partial charge in [0.1, 0.15) is 51.8 Å². The Bertz CT molecular complexity index is 5540. The summed E-state index contributed by atoms with van der Waals surface area (Å²) in [6, 6.07) is 30.2. The smallest absolute Gasteiger partial charge is 0.381 e. The predicted octanol–water partition coefficient (Wildman–Crippen LogP) is 16.5. The zero-order valence-electron chi connectivity index (χ0n) is 62.9. The summed E-state index contributed by atoms with van der Waals surface area (Å²) < 4.78 is 166. The standard InChI is InChI=1S/2C28H25F4N5O2.C28H27F3N6O2/c2*29-17-7-10-37-23(14-33-25(37)12-17)19-3-5-22(26-20(19)13-34-27(26)38)36-24-6-4-18(16-8-11-39-15-16)21(35-24)2-1-9-28(30,31)32;1-36(14-24(30)31)13-22-18(16-7-9-39-15-16)3-5-25(35-22)34-21-4-2-19(20-11-33-28(38)27(20)21)23-12-32-26-10-17(29)6-8-37(23)26/h2*3-7,10,12,14,16H,1-2,8-9,11,13,15H2,(H,34,38)(H,35,36);2-6,8,10,12,16,24H,7,9,11,13-15H2,1H3,(H,33,38)(H,34,35)/t3*16-/m101/s1. The molecule has 18 rings (SSSR count). The van der Waals surface area contributed by atoms with Crippen LogP contribution in [0.25, 0.3) is 50.7 Å². The highest BCUT2D eigenvalue weighted by atomic mass is 19.4. The Hall–Kier alpha value is -11.9. The second kappa shape index (κ2) is 33.3. The Morgan fingerprint density at radius 3 is 1.12 bits per heavy atom. The Kier molecular flexibility index (Phi) is 22.5. The summed E-state index contributed by atoms with van der Waals surface area (Å²) in [5.41, 5.74) is 16.0. The van der Waals surface area contributed by atoms with Crippen LogP contribution in [-0.2, 0) is 53.2 Å². The summed E-state index contributed by atoms with van der Waals surface area (Å²) in [5, 5.41) is 18.3. The van der Waals surface area contributed by atoms with Crippen LogP contribution in [0.4, 0.5) is 82.8 Å². The maximum Gasteiger partial charge on any atom is 0.389 e. The molecule has 6 aliphatic heterocycles. The largest absolute Gasteiger partial charge is 0.389 e. The van der Waals surface area contributed by atoms with Crippen molar-refractivity contribution in [2.75, 3.05) is 69.2 Å². The summed E-state index contributed by atoms with van der Waals surface area (Å²) in [4.78, 5) is 67.3. The highest BCUT2D eigenvalue weighted by Crippen LogP contribution is 2.42. The highest BCUT2D eigenvalue weighted by Gasteiger charge is 2.35. The van der Waals surface area contributed by atoms with Crippen molar-refractivity contribution in [2.45, 2.75) is 120 Å². The first kappa shape index (κ1) is 78.9. The Morgan fingerprint density at radius 2 is 0.803 bits per heavy atom. The number of hydrogen-bond donors (Lipinski definition) is 6. The van der Waals surface area contributed by atoms with Crippen LogP contribution in [0.3, 0.4) is 0 Å². The van der Waals surface area contributed by atoms with Gasteiger partial charge in [0.25, 0.3) is 24.1 Å². The zero-order valence-corrected chi connectivity index (χ0v) is 62.9. The minimum absolute atomic E-state index is 0.0593. The van der Waals surface area contributed by atoms with Crippen molar-refractivity contribution in [1.29, 1.82) is 0 Å². The van der Waals surface area contributed by atoms with Gasteiger partial charge in [0.15, 0.2) is 0 Å². The van der Waals surface area contributed by atoms with Gasteiger partial charge in [-0.05, 0) is 140 Å². The van der Waals surface area contributed by atoms with E-state index in [1.165, 1.54) is 36.4 Å². The number of nitrogens with zero attached hydrogens (tertiary/aromatic N) is 10. The van der Waals surface area contributed by atoms with Crippen LogP contribution in [0, 0.1) is 17.5 Å². The topological polar surface area (TPSA) is 245 Å². The van der Waals surface area contributed by atoms with E-state index < -0.39 is 43.3 Å². The number of anilines is 6. The van der Waals surface area contributed by atoms with E-state index in [1.54, 1.807) is 86.6 Å². The third-order valence-electron chi connectivity index (χ3n) is 21.7. The highest BCUT2D eigenvalue weighted by molar-refractivity contribution is 6.08. The number of alkyl halides is 8. The molecule has 0 bridgehead atoms. The SMILES string of the molecule is CN(Cc1nc(Nc2ccc(-c3cnc4cc(F)ccn34)c3c2C(=O)NC3)ccc1[C@@H]1CCOC1)CC(F)F.O=C1NCc2c(-c3cnc4cc(F)ccn34)ccc(Nc3ccc([C@@H]4CCOC4)c(CCCC(F)(F)F)n3)c21.O=C1NCc2c(-c3cnc4cc(F)ccn34)ccc(Nc3ccc([C@H]4CCOC4)c(CCCC(F)(F)F)n3)c21. The van der Waals surface area contributed by atoms with E-state index in [1.807, 2.05) is 48.5 Å². The van der Waals surface area contributed by atoms with Crippen molar-refractivity contribution in [3.63, 3.8) is 0 Å². The molecule has 606 valence electrons. The number of hydrogen-bond acceptors (Lipinski definition) is 16. The van der Waals surface area contributed by atoms with Gasteiger partial charge in [-0.25, -0.2) is 51.9 Å². The lowest BCUT2D eigenvalue weighted by molar-refractivity contribution is -0.136. The fourth-order valence-corrected chi connectivity index (χ4v) is 16.2. The summed E-state index contributed by atoms with van der Waals surface area (Å²) in [7, 11) is 1.65. The van der Waals surface area contributed by atoms with Crippen molar-refractivity contribution in [1.82, 2.24) is 64.0 Å². The maximum atomic E-state index is 13.7. The van der Waals surface area contributed by atoms with Crippen molar-refractivity contribution in [2.24, 2.45) is 0 Å². The minimum atomic E-state index is -4.23. The van der Waals surface area contributed by atoms with Gasteiger partial charge in [-0.1, -0.05) is 36.4 Å². The first-order valence-corrected chi connectivity index (χ1v) is 38.3. The number of rotatable bonds is 22. The van der Waals surface area contributed by atoms with Gasteiger partial charge < -0.3 is 46.1 Å². The molecule has 9 aromatic heterocycles. The molecule has 22 nitrogen and oxygen atoms in total. The molecular weight excluding hydrogens is 1540 g/mol. The van der Waals surface area contributed by atoms with E-state index >= 15 is 0 Å². The number of ether oxygens (including phenoxy) is 3. The quantitative estimate of drug-likeness (QED) is 0.0345. The molecule has 3 aromatic carbocycles. The summed E-state index contributed by atoms with van der Waals surface area (Å²) in [6.07, 6.45) is -0.200. The van der Waals surface area contributed by atoms with Gasteiger partial charge in [0.05, 0.1) is 101 Å². The molecule has 3 amide bonds. The number of halogens is 11. The van der Waals surface area contributed by atoms with Crippen molar-refractivity contribution >= 4 is 69.2 Å². The molecule has 3 atom stereocenters. The van der Waals surface area contributed by atoms with Crippen molar-refractivity contribution in [3.8, 4) is 33.8 Å². The van der Waals surface area contributed by atoms with Crippen LogP contribution in [-0.4, -0.2) is 138 Å². The maximum absolute atomic E-state index is 13.7. The van der Waals surface area contributed by atoms with Crippen LogP contribution in [0.2, 0.25) is 0 Å². The Labute approximate surface area is 661 Å². The van der Waals surface area contributed by atoms with E-state index in [-0.39, 0.29) is 80.1 Å². The first-order valence-electron chi connectivity index (χ1n) is 38.3. The lowest BCUT2D eigenvalue weighted by Gasteiger charge is -2.21. The molecule has 12 aromatic rings. The third kappa shape index (κ3) is 17.3. The number of imidazole rings is 3. The number of carbonyl (C=O) groups is 3. The molecule has 3 fully saturated rings. The normalized spacial score (nSPS) is 17.0. The number of benzene rings is 3. The fourth-order valence-electron chi connectivity index (χ4n) is 16.2. The molecule has 6 N–H and O–H groups in total. The second-order valence-corrected chi connectivity index (χ2v) is 29.5. The molecule has 0 saturated carbocycles. The molecule has 0 unspecified atom stereocenters. The van der Waals surface area contributed by atoms with Crippen LogP contribution in [0.5, 0.6) is 0 Å². The number of nitrogens with one attached hydrogen (secondary N) is 6. The van der Waals surface area contributed by atoms with Crippen molar-refractivity contribution < 1.29 is 76.9 Å². The zero-order chi connectivity index (χ0) is 81.4. The van der Waals surface area contributed by atoms with E-state index in [9.17, 15) is 62.7 Å². The number of carbonyl (C=O) groups excluding carboxylic acids is 3. The average molecular weight is 1620 g/mol. The number of aryl methyl sites for hydroxylation is 2. The van der Waals surface area contributed by atoms with Crippen molar-refractivity contribution in [3.05, 3.63) is 231 Å². The monoisotopic (exact) mass is 1610 g/mol. The second-order valence-electron chi connectivity index (χ2n) is 29.5. The van der Waals surface area contributed by atoms with Gasteiger partial charge in [0, 0.05) is 141 Å². The molecule has 0 radical (unpaired) electrons. The molecular formula is C84H77F11N16O6. The molecule has 0 aliphatic carbocycles.